The van der Waals surface area contributed by atoms with Crippen molar-refractivity contribution in [2.75, 3.05) is 31.6 Å². The van der Waals surface area contributed by atoms with Gasteiger partial charge >= 0.3 is 0 Å². The fraction of sp³-hybridized carbons (Fsp3) is 0.542. The summed E-state index contributed by atoms with van der Waals surface area (Å²) in [7, 11) is 2.29. The molecule has 0 saturated carbocycles. The largest absolute Gasteiger partial charge is 0.371 e. The molecule has 4 nitrogen and oxygen atoms in total. The maximum absolute atomic E-state index is 4.75. The molecule has 3 aliphatic rings. The van der Waals surface area contributed by atoms with Crippen LogP contribution in [0.5, 0.6) is 0 Å². The van der Waals surface area contributed by atoms with Gasteiger partial charge in [-0.2, -0.15) is 0 Å². The summed E-state index contributed by atoms with van der Waals surface area (Å²) in [5.74, 6) is 0.832. The lowest BCUT2D eigenvalue weighted by atomic mass is 9.89. The van der Waals surface area contributed by atoms with Gasteiger partial charge in [-0.25, -0.2) is 0 Å². The normalized spacial score (nSPS) is 24.6. The van der Waals surface area contributed by atoms with Crippen molar-refractivity contribution in [3.63, 3.8) is 0 Å². The van der Waals surface area contributed by atoms with Gasteiger partial charge in [0.05, 0.1) is 11.7 Å². The molecular weight excluding hydrogens is 344 g/mol. The van der Waals surface area contributed by atoms with E-state index < -0.39 is 0 Å². The fourth-order valence-corrected chi connectivity index (χ4v) is 5.41. The molecule has 1 fully saturated rings. The van der Waals surface area contributed by atoms with E-state index >= 15 is 0 Å². The minimum absolute atomic E-state index is 0.458. The zero-order valence-electron chi connectivity index (χ0n) is 17.2. The van der Waals surface area contributed by atoms with E-state index in [-0.39, 0.29) is 0 Å². The number of fused-ring (bicyclic) bond motifs is 2. The molecule has 1 aromatic heterocycles. The Morgan fingerprint density at radius 1 is 1.18 bits per heavy atom. The lowest BCUT2D eigenvalue weighted by Crippen LogP contribution is -2.48. The van der Waals surface area contributed by atoms with E-state index in [0.717, 1.165) is 25.4 Å². The Morgan fingerprint density at radius 3 is 2.89 bits per heavy atom. The molecule has 0 bridgehead atoms. The highest BCUT2D eigenvalue weighted by atomic mass is 15.2. The summed E-state index contributed by atoms with van der Waals surface area (Å²) in [5.41, 5.74) is 7.30. The van der Waals surface area contributed by atoms with Crippen LogP contribution in [0, 0.1) is 5.92 Å². The van der Waals surface area contributed by atoms with Crippen molar-refractivity contribution in [3.8, 4) is 0 Å². The van der Waals surface area contributed by atoms with E-state index in [9.17, 15) is 0 Å². The minimum atomic E-state index is 0.458. The standard InChI is InChI=1S/C24H32N4/c1-17-14-28(15-17)22-9-4-7-19-13-26-20(12-21(19)22)16-27(2)23-10-3-6-18-8-5-11-25-24(18)23/h4-5,7-9,11,17,20,23,26H,3,6,10,12-16H2,1-2H3/t20-,23-/m0/s1. The number of aromatic nitrogens is 1. The predicted molar refractivity (Wildman–Crippen MR) is 115 cm³/mol. The summed E-state index contributed by atoms with van der Waals surface area (Å²) in [6.45, 7) is 6.83. The zero-order chi connectivity index (χ0) is 19.1. The molecule has 0 spiro atoms. The minimum Gasteiger partial charge on any atom is -0.371 e. The molecule has 0 amide bonds. The van der Waals surface area contributed by atoms with Crippen molar-refractivity contribution in [1.82, 2.24) is 15.2 Å². The summed E-state index contributed by atoms with van der Waals surface area (Å²) < 4.78 is 0. The Balaban J connectivity index is 1.31. The quantitative estimate of drug-likeness (QED) is 0.884. The monoisotopic (exact) mass is 376 g/mol. The van der Waals surface area contributed by atoms with Gasteiger partial charge in [0, 0.05) is 44.1 Å². The molecule has 1 saturated heterocycles. The lowest BCUT2D eigenvalue weighted by Gasteiger charge is -2.42. The average molecular weight is 377 g/mol. The van der Waals surface area contributed by atoms with Crippen LogP contribution in [-0.2, 0) is 19.4 Å². The van der Waals surface area contributed by atoms with Gasteiger partial charge in [0.1, 0.15) is 0 Å². The van der Waals surface area contributed by atoms with Gasteiger partial charge < -0.3 is 10.2 Å². The Kier molecular flexibility index (Phi) is 4.85. The number of rotatable bonds is 4. The van der Waals surface area contributed by atoms with Crippen LogP contribution >= 0.6 is 0 Å². The van der Waals surface area contributed by atoms with Gasteiger partial charge in [0.2, 0.25) is 0 Å². The zero-order valence-corrected chi connectivity index (χ0v) is 17.2. The third-order valence-electron chi connectivity index (χ3n) is 6.89. The van der Waals surface area contributed by atoms with Crippen LogP contribution in [0.4, 0.5) is 5.69 Å². The van der Waals surface area contributed by atoms with E-state index in [1.165, 1.54) is 54.9 Å². The highest BCUT2D eigenvalue weighted by Gasteiger charge is 2.30. The van der Waals surface area contributed by atoms with Crippen molar-refractivity contribution in [2.24, 2.45) is 5.92 Å². The second-order valence-corrected chi connectivity index (χ2v) is 9.10. The summed E-state index contributed by atoms with van der Waals surface area (Å²) in [4.78, 5) is 9.86. The van der Waals surface area contributed by atoms with E-state index in [2.05, 4.69) is 59.4 Å². The molecule has 0 radical (unpaired) electrons. The van der Waals surface area contributed by atoms with Crippen LogP contribution in [0.15, 0.2) is 36.5 Å². The first-order valence-electron chi connectivity index (χ1n) is 10.9. The first-order valence-corrected chi connectivity index (χ1v) is 10.9. The van der Waals surface area contributed by atoms with E-state index in [1.807, 2.05) is 6.20 Å². The highest BCUT2D eigenvalue weighted by molar-refractivity contribution is 5.59. The summed E-state index contributed by atoms with van der Waals surface area (Å²) >= 11 is 0. The Hall–Kier alpha value is -1.91. The number of pyridine rings is 1. The number of likely N-dealkylation sites (N-methyl/N-ethyl adjacent to an activating group) is 1. The first-order chi connectivity index (χ1) is 13.7. The number of anilines is 1. The van der Waals surface area contributed by atoms with Crippen LogP contribution < -0.4 is 10.2 Å². The molecule has 2 atom stereocenters. The Labute approximate surface area is 169 Å². The Bertz CT molecular complexity index is 842. The highest BCUT2D eigenvalue weighted by Crippen LogP contribution is 2.34. The molecule has 28 heavy (non-hydrogen) atoms. The lowest BCUT2D eigenvalue weighted by molar-refractivity contribution is 0.191. The second kappa shape index (κ2) is 7.49. The number of benzene rings is 1. The molecule has 1 aromatic carbocycles. The van der Waals surface area contributed by atoms with Crippen molar-refractivity contribution >= 4 is 5.69 Å². The van der Waals surface area contributed by atoms with Crippen LogP contribution in [0.3, 0.4) is 0 Å². The van der Waals surface area contributed by atoms with E-state index in [1.54, 1.807) is 5.56 Å². The molecule has 0 unspecified atom stereocenters. The smallest absolute Gasteiger partial charge is 0.0607 e. The molecule has 148 valence electrons. The number of nitrogens with zero attached hydrogens (tertiary/aromatic N) is 3. The van der Waals surface area contributed by atoms with Gasteiger partial charge in [-0.3, -0.25) is 9.88 Å². The third-order valence-corrected chi connectivity index (χ3v) is 6.89. The maximum atomic E-state index is 4.75. The SMILES string of the molecule is CC1CN(c2cccc3c2C[C@@H](CN(C)[C@H]2CCCc4cccnc42)NC3)C1. The number of hydrogen-bond acceptors (Lipinski definition) is 4. The first kappa shape index (κ1) is 18.1. The Morgan fingerprint density at radius 2 is 2.04 bits per heavy atom. The van der Waals surface area contributed by atoms with Crippen LogP contribution in [-0.4, -0.2) is 42.6 Å². The number of aryl methyl sites for hydroxylation is 1. The van der Waals surface area contributed by atoms with Gasteiger partial charge in [0.15, 0.2) is 0 Å². The molecule has 4 heteroatoms. The molecule has 3 heterocycles. The molecule has 2 aliphatic heterocycles. The summed E-state index contributed by atoms with van der Waals surface area (Å²) in [5, 5.41) is 3.80. The topological polar surface area (TPSA) is 31.4 Å². The molecule has 5 rings (SSSR count). The third kappa shape index (κ3) is 3.33. The predicted octanol–water partition coefficient (Wildman–Crippen LogP) is 3.56. The molecule has 2 aromatic rings. The van der Waals surface area contributed by atoms with Crippen LogP contribution in [0.2, 0.25) is 0 Å². The fourth-order valence-electron chi connectivity index (χ4n) is 5.41. The van der Waals surface area contributed by atoms with Gasteiger partial charge in [-0.1, -0.05) is 25.1 Å². The van der Waals surface area contributed by atoms with Gasteiger partial charge in [0.25, 0.3) is 0 Å². The second-order valence-electron chi connectivity index (χ2n) is 9.10. The van der Waals surface area contributed by atoms with Gasteiger partial charge in [-0.05, 0) is 67.5 Å². The van der Waals surface area contributed by atoms with Crippen molar-refractivity contribution in [3.05, 3.63) is 58.9 Å². The number of nitrogens with one attached hydrogen (secondary N) is 1. The van der Waals surface area contributed by atoms with E-state index in [0.29, 0.717) is 12.1 Å². The molecular formula is C24H32N4. The maximum Gasteiger partial charge on any atom is 0.0607 e. The van der Waals surface area contributed by atoms with Crippen LogP contribution in [0.1, 0.15) is 48.2 Å². The average Bonchev–Trinajstić information content (AvgIpc) is 2.70. The summed E-state index contributed by atoms with van der Waals surface area (Å²) in [6.07, 6.45) is 6.76. The summed E-state index contributed by atoms with van der Waals surface area (Å²) in [6, 6.07) is 12.2. The van der Waals surface area contributed by atoms with Crippen molar-refractivity contribution in [2.45, 2.75) is 51.2 Å². The van der Waals surface area contributed by atoms with E-state index in [4.69, 9.17) is 4.98 Å². The van der Waals surface area contributed by atoms with Crippen molar-refractivity contribution in [1.29, 1.82) is 0 Å². The molecule has 1 N–H and O–H groups in total. The van der Waals surface area contributed by atoms with Crippen molar-refractivity contribution < 1.29 is 0 Å². The van der Waals surface area contributed by atoms with Gasteiger partial charge in [-0.15, -0.1) is 0 Å². The molecule has 1 aliphatic carbocycles. The van der Waals surface area contributed by atoms with Crippen LogP contribution in [0.25, 0.3) is 0 Å². The number of hydrogen-bond donors (Lipinski definition) is 1.